The summed E-state index contributed by atoms with van der Waals surface area (Å²) >= 11 is 0. The topological polar surface area (TPSA) is 76.9 Å². The molecule has 0 spiro atoms. The third-order valence-corrected chi connectivity index (χ3v) is 3.47. The Morgan fingerprint density at radius 2 is 1.91 bits per heavy atom. The predicted molar refractivity (Wildman–Crippen MR) is 84.2 cm³/mol. The first-order valence-corrected chi connectivity index (χ1v) is 6.71. The second-order valence-electron chi connectivity index (χ2n) is 4.80. The van der Waals surface area contributed by atoms with Crippen LogP contribution in [0.5, 0.6) is 0 Å². The van der Waals surface area contributed by atoms with Gasteiger partial charge in [-0.3, -0.25) is 0 Å². The fourth-order valence-corrected chi connectivity index (χ4v) is 2.56. The number of aromatic nitrogens is 1. The van der Waals surface area contributed by atoms with Crippen LogP contribution in [-0.4, -0.2) is 16.1 Å². The van der Waals surface area contributed by atoms with E-state index >= 15 is 0 Å². The van der Waals surface area contributed by atoms with E-state index in [1.807, 2.05) is 48.5 Å². The molecule has 0 aliphatic carbocycles. The van der Waals surface area contributed by atoms with Gasteiger partial charge in [-0.1, -0.05) is 42.5 Å². The maximum atomic E-state index is 11.2. The summed E-state index contributed by atoms with van der Waals surface area (Å²) in [6.07, 6.45) is 2.82. The van der Waals surface area contributed by atoms with Gasteiger partial charge in [0.05, 0.1) is 5.56 Å². The molecule has 0 atom stereocenters. The third kappa shape index (κ3) is 2.36. The quantitative estimate of drug-likeness (QED) is 0.723. The zero-order valence-electron chi connectivity index (χ0n) is 11.6. The minimum Gasteiger partial charge on any atom is -0.478 e. The van der Waals surface area contributed by atoms with Gasteiger partial charge in [0.15, 0.2) is 0 Å². The summed E-state index contributed by atoms with van der Waals surface area (Å²) in [5.41, 5.74) is 3.40. The van der Waals surface area contributed by atoms with Crippen LogP contribution in [0.15, 0.2) is 60.8 Å². The molecule has 0 bridgehead atoms. The number of nitrogens with zero attached hydrogens (tertiary/aromatic N) is 1. The maximum Gasteiger partial charge on any atom is 0.328 e. The maximum absolute atomic E-state index is 11.2. The van der Waals surface area contributed by atoms with E-state index in [1.54, 1.807) is 6.20 Å². The highest BCUT2D eigenvalue weighted by molar-refractivity contribution is 6.04. The summed E-state index contributed by atoms with van der Waals surface area (Å²) < 4.78 is 0. The highest BCUT2D eigenvalue weighted by atomic mass is 16.4. The molecule has 2 N–H and O–H groups in total. The van der Waals surface area contributed by atoms with Crippen LogP contribution in [0.2, 0.25) is 0 Å². The Morgan fingerprint density at radius 3 is 2.59 bits per heavy atom. The van der Waals surface area contributed by atoms with Crippen LogP contribution in [0.4, 0.5) is 0 Å². The Balaban J connectivity index is 2.33. The number of carboxylic acid groups (broad SMARTS) is 1. The molecule has 0 saturated heterocycles. The summed E-state index contributed by atoms with van der Waals surface area (Å²) in [7, 11) is 0. The number of hydrogen-bond acceptors (Lipinski definition) is 2. The fourth-order valence-electron chi connectivity index (χ4n) is 2.56. The van der Waals surface area contributed by atoms with E-state index in [9.17, 15) is 15.2 Å². The smallest absolute Gasteiger partial charge is 0.328 e. The Labute approximate surface area is 126 Å². The molecule has 0 aliphatic rings. The molecule has 0 radical (unpaired) electrons. The van der Waals surface area contributed by atoms with E-state index in [-0.39, 0.29) is 0 Å². The van der Waals surface area contributed by atoms with Crippen molar-refractivity contribution in [2.75, 3.05) is 0 Å². The molecular weight excluding hydrogens is 276 g/mol. The number of aromatic amines is 1. The van der Waals surface area contributed by atoms with Crippen molar-refractivity contribution in [3.8, 4) is 6.07 Å². The first-order chi connectivity index (χ1) is 10.7. The molecule has 0 aliphatic heterocycles. The van der Waals surface area contributed by atoms with Crippen molar-refractivity contribution in [3.05, 3.63) is 77.5 Å². The lowest BCUT2D eigenvalue weighted by Gasteiger charge is -2.09. The molecule has 0 amide bonds. The van der Waals surface area contributed by atoms with Gasteiger partial charge in [-0.25, -0.2) is 4.79 Å². The number of benzene rings is 2. The number of H-pyrrole nitrogens is 1. The second-order valence-corrected chi connectivity index (χ2v) is 4.80. The second kappa shape index (κ2) is 5.58. The van der Waals surface area contributed by atoms with Crippen molar-refractivity contribution < 1.29 is 9.90 Å². The first kappa shape index (κ1) is 13.7. The largest absolute Gasteiger partial charge is 0.478 e. The summed E-state index contributed by atoms with van der Waals surface area (Å²) in [6, 6.07) is 17.0. The van der Waals surface area contributed by atoms with Crippen LogP contribution in [0.3, 0.4) is 0 Å². The molecule has 22 heavy (non-hydrogen) atoms. The van der Waals surface area contributed by atoms with Crippen LogP contribution in [0, 0.1) is 11.3 Å². The van der Waals surface area contributed by atoms with Crippen molar-refractivity contribution in [2.24, 2.45) is 0 Å². The SMILES string of the molecule is N#Cc1c[nH]c2cccc(C(=CC(=O)O)c3ccccc3)c12. The van der Waals surface area contributed by atoms with E-state index in [2.05, 4.69) is 11.1 Å². The van der Waals surface area contributed by atoms with Crippen molar-refractivity contribution >= 4 is 22.4 Å². The van der Waals surface area contributed by atoms with Gasteiger partial charge in [-0.05, 0) is 22.8 Å². The summed E-state index contributed by atoms with van der Waals surface area (Å²) in [6.45, 7) is 0. The Kier molecular flexibility index (Phi) is 3.47. The van der Waals surface area contributed by atoms with E-state index in [4.69, 9.17) is 0 Å². The molecule has 3 aromatic rings. The van der Waals surface area contributed by atoms with Gasteiger partial charge in [0, 0.05) is 23.2 Å². The zero-order chi connectivity index (χ0) is 15.5. The van der Waals surface area contributed by atoms with Crippen molar-refractivity contribution in [1.29, 1.82) is 5.26 Å². The Hall–Kier alpha value is -3.32. The molecule has 0 saturated carbocycles. The number of hydrogen-bond donors (Lipinski definition) is 2. The number of nitrogens with one attached hydrogen (secondary N) is 1. The molecule has 1 heterocycles. The van der Waals surface area contributed by atoms with Gasteiger partial charge in [-0.15, -0.1) is 0 Å². The number of fused-ring (bicyclic) bond motifs is 1. The third-order valence-electron chi connectivity index (χ3n) is 3.47. The molecule has 106 valence electrons. The normalized spacial score (nSPS) is 11.3. The van der Waals surface area contributed by atoms with E-state index in [0.29, 0.717) is 11.1 Å². The van der Waals surface area contributed by atoms with Crippen LogP contribution < -0.4 is 0 Å². The van der Waals surface area contributed by atoms with E-state index in [0.717, 1.165) is 22.0 Å². The summed E-state index contributed by atoms with van der Waals surface area (Å²) in [4.78, 5) is 14.3. The van der Waals surface area contributed by atoms with E-state index < -0.39 is 5.97 Å². The van der Waals surface area contributed by atoms with Gasteiger partial charge in [0.2, 0.25) is 0 Å². The first-order valence-electron chi connectivity index (χ1n) is 6.71. The van der Waals surface area contributed by atoms with Crippen molar-refractivity contribution in [3.63, 3.8) is 0 Å². The highest BCUT2D eigenvalue weighted by Crippen LogP contribution is 2.31. The average molecular weight is 288 g/mol. The van der Waals surface area contributed by atoms with Crippen LogP contribution in [-0.2, 0) is 4.79 Å². The standard InChI is InChI=1S/C18H12N2O2/c19-10-13-11-20-16-8-4-7-14(18(13)16)15(9-17(21)22)12-5-2-1-3-6-12/h1-9,11,20H,(H,21,22). The number of aliphatic carboxylic acids is 1. The molecule has 3 rings (SSSR count). The molecule has 0 unspecified atom stereocenters. The molecule has 0 fully saturated rings. The summed E-state index contributed by atoms with van der Waals surface area (Å²) in [5.74, 6) is -1.02. The molecule has 4 heteroatoms. The van der Waals surface area contributed by atoms with Crippen LogP contribution >= 0.6 is 0 Å². The van der Waals surface area contributed by atoms with E-state index in [1.165, 1.54) is 6.08 Å². The van der Waals surface area contributed by atoms with Gasteiger partial charge in [0.1, 0.15) is 6.07 Å². The average Bonchev–Trinajstić information content (AvgIpc) is 2.96. The molecular formula is C18H12N2O2. The minimum atomic E-state index is -1.02. The number of rotatable bonds is 3. The fraction of sp³-hybridized carbons (Fsp3) is 0. The predicted octanol–water partition coefficient (Wildman–Crippen LogP) is 3.56. The van der Waals surface area contributed by atoms with Crippen molar-refractivity contribution in [1.82, 2.24) is 4.98 Å². The zero-order valence-corrected chi connectivity index (χ0v) is 11.6. The number of carboxylic acids is 1. The lowest BCUT2D eigenvalue weighted by molar-refractivity contribution is -0.131. The van der Waals surface area contributed by atoms with Gasteiger partial charge in [0.25, 0.3) is 0 Å². The minimum absolute atomic E-state index is 0.498. The highest BCUT2D eigenvalue weighted by Gasteiger charge is 2.14. The van der Waals surface area contributed by atoms with Gasteiger partial charge < -0.3 is 10.1 Å². The monoisotopic (exact) mass is 288 g/mol. The lowest BCUT2D eigenvalue weighted by atomic mass is 9.93. The molecule has 4 nitrogen and oxygen atoms in total. The van der Waals surface area contributed by atoms with Crippen LogP contribution in [0.25, 0.3) is 16.5 Å². The Bertz CT molecular complexity index is 915. The van der Waals surface area contributed by atoms with Gasteiger partial charge in [-0.2, -0.15) is 5.26 Å². The number of nitriles is 1. The Morgan fingerprint density at radius 1 is 1.14 bits per heavy atom. The molecule has 2 aromatic carbocycles. The molecule has 1 aromatic heterocycles. The lowest BCUT2D eigenvalue weighted by Crippen LogP contribution is -1.95. The van der Waals surface area contributed by atoms with Gasteiger partial charge >= 0.3 is 5.97 Å². The number of carbonyl (C=O) groups is 1. The van der Waals surface area contributed by atoms with Crippen LogP contribution in [0.1, 0.15) is 16.7 Å². The van der Waals surface area contributed by atoms with Crippen molar-refractivity contribution in [2.45, 2.75) is 0 Å². The summed E-state index contributed by atoms with van der Waals surface area (Å²) in [5, 5.41) is 19.2.